The number of nitrogens with two attached hydrogens (primary N) is 1. The Bertz CT molecular complexity index is 428. The van der Waals surface area contributed by atoms with Gasteiger partial charge in [-0.15, -0.1) is 0 Å². The van der Waals surface area contributed by atoms with E-state index in [-0.39, 0.29) is 0 Å². The van der Waals surface area contributed by atoms with Gasteiger partial charge in [-0.05, 0) is 37.5 Å². The van der Waals surface area contributed by atoms with Crippen LogP contribution in [-0.4, -0.2) is 23.5 Å². The number of piperidine rings is 1. The molecule has 2 atom stereocenters. The summed E-state index contributed by atoms with van der Waals surface area (Å²) in [6.07, 6.45) is -0.901. The second-order valence-electron chi connectivity index (χ2n) is 5.54. The fourth-order valence-electron chi connectivity index (χ4n) is 2.89. The molecule has 0 amide bonds. The minimum Gasteiger partial charge on any atom is -0.329 e. The maximum absolute atomic E-state index is 12.5. The van der Waals surface area contributed by atoms with Crippen molar-refractivity contribution < 1.29 is 13.2 Å². The zero-order valence-electron chi connectivity index (χ0n) is 11.7. The van der Waals surface area contributed by atoms with Gasteiger partial charge in [-0.1, -0.05) is 18.6 Å². The summed E-state index contributed by atoms with van der Waals surface area (Å²) in [6.45, 7) is 3.43. The van der Waals surface area contributed by atoms with Crippen LogP contribution in [0.5, 0.6) is 0 Å². The van der Waals surface area contributed by atoms with Crippen LogP contribution in [0.1, 0.15) is 37.3 Å². The molecule has 5 heteroatoms. The van der Waals surface area contributed by atoms with Crippen molar-refractivity contribution >= 4 is 0 Å². The Hall–Kier alpha value is -1.07. The molecule has 1 fully saturated rings. The molecule has 0 aromatic heterocycles. The first-order valence-corrected chi connectivity index (χ1v) is 7.03. The lowest BCUT2D eigenvalue weighted by Gasteiger charge is -2.40. The molecule has 1 heterocycles. The van der Waals surface area contributed by atoms with E-state index < -0.39 is 11.7 Å². The van der Waals surface area contributed by atoms with Crippen LogP contribution in [0.25, 0.3) is 0 Å². The molecule has 20 heavy (non-hydrogen) atoms. The largest absolute Gasteiger partial charge is 0.416 e. The van der Waals surface area contributed by atoms with Crippen molar-refractivity contribution in [2.24, 2.45) is 5.73 Å². The topological polar surface area (TPSA) is 29.3 Å². The molecule has 1 aromatic carbocycles. The fourth-order valence-corrected chi connectivity index (χ4v) is 2.89. The molecule has 1 saturated heterocycles. The molecule has 2 nitrogen and oxygen atoms in total. The third-order valence-electron chi connectivity index (χ3n) is 4.11. The van der Waals surface area contributed by atoms with E-state index in [1.165, 1.54) is 6.42 Å². The zero-order chi connectivity index (χ0) is 14.8. The zero-order valence-corrected chi connectivity index (χ0v) is 11.7. The van der Waals surface area contributed by atoms with Crippen molar-refractivity contribution in [2.45, 2.75) is 51.0 Å². The van der Waals surface area contributed by atoms with Gasteiger partial charge in [0.1, 0.15) is 0 Å². The molecule has 0 radical (unpaired) electrons. The standard InChI is InChI=1S/C15H21F3N2/c1-11-3-2-4-14(9-19)20(11)10-12-5-7-13(8-6-12)15(16,17)18/h5-8,11,14H,2-4,9-10,19H2,1H3. The van der Waals surface area contributed by atoms with E-state index in [1.54, 1.807) is 12.1 Å². The summed E-state index contributed by atoms with van der Waals surface area (Å²) in [7, 11) is 0. The Morgan fingerprint density at radius 1 is 1.20 bits per heavy atom. The first-order valence-electron chi connectivity index (χ1n) is 7.03. The fraction of sp³-hybridized carbons (Fsp3) is 0.600. The molecule has 0 saturated carbocycles. The Kier molecular flexibility index (Phi) is 4.70. The lowest BCUT2D eigenvalue weighted by atomic mass is 9.95. The van der Waals surface area contributed by atoms with E-state index in [4.69, 9.17) is 5.73 Å². The summed E-state index contributed by atoms with van der Waals surface area (Å²) >= 11 is 0. The highest BCUT2D eigenvalue weighted by molar-refractivity contribution is 5.24. The molecular formula is C15H21F3N2. The molecule has 2 unspecified atom stereocenters. The van der Waals surface area contributed by atoms with Crippen molar-refractivity contribution in [1.82, 2.24) is 4.90 Å². The number of rotatable bonds is 3. The van der Waals surface area contributed by atoms with Crippen LogP contribution >= 0.6 is 0 Å². The number of likely N-dealkylation sites (tertiary alicyclic amines) is 1. The molecule has 1 aliphatic heterocycles. The van der Waals surface area contributed by atoms with Crippen LogP contribution in [0.3, 0.4) is 0 Å². The van der Waals surface area contributed by atoms with Gasteiger partial charge in [-0.2, -0.15) is 13.2 Å². The number of halogens is 3. The van der Waals surface area contributed by atoms with Gasteiger partial charge in [-0.3, -0.25) is 4.90 Å². The van der Waals surface area contributed by atoms with E-state index in [1.807, 2.05) is 0 Å². The summed E-state index contributed by atoms with van der Waals surface area (Å²) in [5, 5.41) is 0. The second-order valence-corrected chi connectivity index (χ2v) is 5.54. The molecule has 112 valence electrons. The summed E-state index contributed by atoms with van der Waals surface area (Å²) in [4.78, 5) is 2.31. The Morgan fingerprint density at radius 2 is 1.85 bits per heavy atom. The quantitative estimate of drug-likeness (QED) is 0.922. The van der Waals surface area contributed by atoms with Crippen LogP contribution in [0.15, 0.2) is 24.3 Å². The van der Waals surface area contributed by atoms with Gasteiger partial charge in [-0.25, -0.2) is 0 Å². The molecular weight excluding hydrogens is 265 g/mol. The van der Waals surface area contributed by atoms with Gasteiger partial charge in [0.05, 0.1) is 5.56 Å². The molecule has 2 rings (SSSR count). The van der Waals surface area contributed by atoms with Crippen LogP contribution < -0.4 is 5.73 Å². The predicted octanol–water partition coefficient (Wildman–Crippen LogP) is 3.41. The first-order chi connectivity index (χ1) is 9.41. The van der Waals surface area contributed by atoms with E-state index >= 15 is 0 Å². The summed E-state index contributed by atoms with van der Waals surface area (Å²) in [5.41, 5.74) is 6.11. The number of benzene rings is 1. The minimum atomic E-state index is -4.27. The third kappa shape index (κ3) is 3.52. The molecule has 0 bridgehead atoms. The van der Waals surface area contributed by atoms with Crippen LogP contribution in [-0.2, 0) is 12.7 Å². The van der Waals surface area contributed by atoms with Gasteiger partial charge in [0.2, 0.25) is 0 Å². The average molecular weight is 286 g/mol. The minimum absolute atomic E-state index is 0.334. The first kappa shape index (κ1) is 15.3. The van der Waals surface area contributed by atoms with E-state index in [0.717, 1.165) is 30.5 Å². The normalized spacial score (nSPS) is 24.9. The third-order valence-corrected chi connectivity index (χ3v) is 4.11. The average Bonchev–Trinajstić information content (AvgIpc) is 2.40. The molecule has 2 N–H and O–H groups in total. The van der Waals surface area contributed by atoms with Crippen molar-refractivity contribution in [3.8, 4) is 0 Å². The smallest absolute Gasteiger partial charge is 0.329 e. The van der Waals surface area contributed by atoms with Crippen LogP contribution in [0.4, 0.5) is 13.2 Å². The number of hydrogen-bond acceptors (Lipinski definition) is 2. The number of alkyl halides is 3. The summed E-state index contributed by atoms with van der Waals surface area (Å²) in [6, 6.07) is 6.21. The lowest BCUT2D eigenvalue weighted by molar-refractivity contribution is -0.137. The molecule has 0 aliphatic carbocycles. The van der Waals surface area contributed by atoms with Crippen molar-refractivity contribution in [1.29, 1.82) is 0 Å². The predicted molar refractivity (Wildman–Crippen MR) is 73.1 cm³/mol. The number of nitrogens with zero attached hydrogens (tertiary/aromatic N) is 1. The Morgan fingerprint density at radius 3 is 2.40 bits per heavy atom. The second kappa shape index (κ2) is 6.14. The van der Waals surface area contributed by atoms with E-state index in [2.05, 4.69) is 11.8 Å². The van der Waals surface area contributed by atoms with Crippen molar-refractivity contribution in [3.05, 3.63) is 35.4 Å². The lowest BCUT2D eigenvalue weighted by Crippen LogP contribution is -2.48. The highest BCUT2D eigenvalue weighted by atomic mass is 19.4. The highest BCUT2D eigenvalue weighted by Gasteiger charge is 2.30. The van der Waals surface area contributed by atoms with Crippen molar-refractivity contribution in [2.75, 3.05) is 6.54 Å². The van der Waals surface area contributed by atoms with Gasteiger partial charge >= 0.3 is 6.18 Å². The van der Waals surface area contributed by atoms with Crippen LogP contribution in [0, 0.1) is 0 Å². The SMILES string of the molecule is CC1CCCC(CN)N1Cc1ccc(C(F)(F)F)cc1. The maximum Gasteiger partial charge on any atom is 0.416 e. The van der Waals surface area contributed by atoms with Crippen molar-refractivity contribution in [3.63, 3.8) is 0 Å². The number of hydrogen-bond donors (Lipinski definition) is 1. The van der Waals surface area contributed by atoms with Crippen LogP contribution in [0.2, 0.25) is 0 Å². The summed E-state index contributed by atoms with van der Waals surface area (Å²) < 4.78 is 37.6. The maximum atomic E-state index is 12.5. The molecule has 1 aliphatic rings. The Balaban J connectivity index is 2.08. The van der Waals surface area contributed by atoms with Gasteiger partial charge in [0.25, 0.3) is 0 Å². The van der Waals surface area contributed by atoms with Gasteiger partial charge in [0.15, 0.2) is 0 Å². The Labute approximate surface area is 117 Å². The monoisotopic (exact) mass is 286 g/mol. The van der Waals surface area contributed by atoms with E-state index in [9.17, 15) is 13.2 Å². The molecule has 0 spiro atoms. The van der Waals surface area contributed by atoms with E-state index in [0.29, 0.717) is 25.2 Å². The highest BCUT2D eigenvalue weighted by Crippen LogP contribution is 2.30. The van der Waals surface area contributed by atoms with Gasteiger partial charge < -0.3 is 5.73 Å². The van der Waals surface area contributed by atoms with Gasteiger partial charge in [0, 0.05) is 25.2 Å². The summed E-state index contributed by atoms with van der Waals surface area (Å²) in [5.74, 6) is 0. The molecule has 1 aromatic rings.